The molecule has 0 saturated heterocycles. The van der Waals surface area contributed by atoms with Gasteiger partial charge in [-0.05, 0) is 54.1 Å². The van der Waals surface area contributed by atoms with Crippen LogP contribution in [0.15, 0.2) is 77.7 Å². The summed E-state index contributed by atoms with van der Waals surface area (Å²) in [5, 5.41) is 0. The van der Waals surface area contributed by atoms with Gasteiger partial charge >= 0.3 is 22.5 Å². The molecule has 13 heteroatoms. The summed E-state index contributed by atoms with van der Waals surface area (Å²) >= 11 is 0. The molecular weight excluding hydrogens is 540 g/mol. The molecule has 1 amide bonds. The zero-order chi connectivity index (χ0) is 28.1. The van der Waals surface area contributed by atoms with Crippen LogP contribution in [0.5, 0.6) is 5.75 Å². The maximum atomic E-state index is 13.1. The van der Waals surface area contributed by atoms with Crippen molar-refractivity contribution in [2.45, 2.75) is 23.8 Å². The summed E-state index contributed by atoms with van der Waals surface area (Å²) in [7, 11) is -3.19. The zero-order valence-electron chi connectivity index (χ0n) is 19.7. The molecule has 6 nitrogen and oxygen atoms in total. The number of alkyl halides is 6. The van der Waals surface area contributed by atoms with Crippen molar-refractivity contribution in [1.82, 2.24) is 4.90 Å². The Balaban J connectivity index is 1.77. The first-order valence-corrected chi connectivity index (χ1v) is 12.3. The van der Waals surface area contributed by atoms with Crippen molar-refractivity contribution in [1.29, 1.82) is 0 Å². The average Bonchev–Trinajstić information content (AvgIpc) is 2.86. The molecule has 0 spiro atoms. The van der Waals surface area contributed by atoms with E-state index in [1.807, 2.05) is 0 Å². The third-order valence-corrected chi connectivity index (χ3v) is 6.49. The van der Waals surface area contributed by atoms with E-state index in [9.17, 15) is 39.6 Å². The van der Waals surface area contributed by atoms with Crippen LogP contribution in [0.3, 0.4) is 0 Å². The lowest BCUT2D eigenvalue weighted by Gasteiger charge is -2.23. The first-order valence-electron chi connectivity index (χ1n) is 10.9. The summed E-state index contributed by atoms with van der Waals surface area (Å²) in [5.41, 5.74) is -1.83. The molecule has 0 saturated carbocycles. The molecule has 3 aromatic carbocycles. The molecule has 38 heavy (non-hydrogen) atoms. The van der Waals surface area contributed by atoms with Crippen molar-refractivity contribution in [3.63, 3.8) is 0 Å². The van der Waals surface area contributed by atoms with E-state index in [0.29, 0.717) is 11.6 Å². The molecule has 0 radical (unpaired) electrons. The topological polar surface area (TPSA) is 72.9 Å². The number of carbonyl (C=O) groups is 1. The average molecular weight is 562 g/mol. The zero-order valence-corrected chi connectivity index (χ0v) is 20.5. The molecule has 0 fully saturated rings. The monoisotopic (exact) mass is 561 g/mol. The van der Waals surface area contributed by atoms with E-state index < -0.39 is 44.4 Å². The van der Waals surface area contributed by atoms with Gasteiger partial charge in [-0.25, -0.2) is 0 Å². The van der Waals surface area contributed by atoms with Gasteiger partial charge in [-0.2, -0.15) is 34.8 Å². The second-order valence-corrected chi connectivity index (χ2v) is 9.55. The van der Waals surface area contributed by atoms with Crippen LogP contribution in [0.4, 0.5) is 26.3 Å². The lowest BCUT2D eigenvalue weighted by molar-refractivity contribution is -0.138. The van der Waals surface area contributed by atoms with Crippen LogP contribution < -0.4 is 4.18 Å². The first-order chi connectivity index (χ1) is 17.7. The predicted octanol–water partition coefficient (Wildman–Crippen LogP) is 5.78. The van der Waals surface area contributed by atoms with Crippen molar-refractivity contribution in [2.75, 3.05) is 20.3 Å². The Hall–Kier alpha value is -3.58. The lowest BCUT2D eigenvalue weighted by Crippen LogP contribution is -2.33. The summed E-state index contributed by atoms with van der Waals surface area (Å²) < 4.78 is 113. The van der Waals surface area contributed by atoms with Gasteiger partial charge in [0.2, 0.25) is 0 Å². The highest BCUT2D eigenvalue weighted by Gasteiger charge is 2.33. The molecule has 0 unspecified atom stereocenters. The van der Waals surface area contributed by atoms with Gasteiger partial charge < -0.3 is 13.8 Å². The fourth-order valence-electron chi connectivity index (χ4n) is 3.34. The van der Waals surface area contributed by atoms with Crippen molar-refractivity contribution < 1.29 is 48.5 Å². The molecule has 0 atom stereocenters. The minimum absolute atomic E-state index is 0.0494. The van der Waals surface area contributed by atoms with Gasteiger partial charge in [0, 0.05) is 25.8 Å². The van der Waals surface area contributed by atoms with Gasteiger partial charge in [-0.3, -0.25) is 4.79 Å². The van der Waals surface area contributed by atoms with Gasteiger partial charge in [0.25, 0.3) is 5.91 Å². The van der Waals surface area contributed by atoms with Crippen molar-refractivity contribution in [3.05, 3.63) is 95.1 Å². The molecule has 3 rings (SSSR count). The number of nitrogens with zero attached hydrogens (tertiary/aromatic N) is 1. The molecule has 3 aromatic rings. The van der Waals surface area contributed by atoms with Gasteiger partial charge in [-0.1, -0.05) is 24.3 Å². The number of amides is 1. The summed E-state index contributed by atoms with van der Waals surface area (Å²) in [5.74, 6) is -0.876. The van der Waals surface area contributed by atoms with Crippen LogP contribution >= 0.6 is 0 Å². The molecule has 0 aliphatic carbocycles. The number of rotatable bonds is 9. The van der Waals surface area contributed by atoms with Crippen LogP contribution in [0.1, 0.15) is 27.0 Å². The molecule has 0 aliphatic heterocycles. The highest BCUT2D eigenvalue weighted by Crippen LogP contribution is 2.32. The van der Waals surface area contributed by atoms with E-state index >= 15 is 0 Å². The Bertz CT molecular complexity index is 1370. The Morgan fingerprint density at radius 1 is 0.842 bits per heavy atom. The van der Waals surface area contributed by atoms with Crippen LogP contribution in [0, 0.1) is 0 Å². The van der Waals surface area contributed by atoms with E-state index in [2.05, 4.69) is 0 Å². The molecule has 204 valence electrons. The van der Waals surface area contributed by atoms with Crippen LogP contribution in [0.2, 0.25) is 0 Å². The van der Waals surface area contributed by atoms with E-state index in [1.165, 1.54) is 42.3 Å². The van der Waals surface area contributed by atoms with Crippen molar-refractivity contribution in [3.8, 4) is 5.75 Å². The summed E-state index contributed by atoms with van der Waals surface area (Å²) in [6.07, 6.45) is -9.37. The summed E-state index contributed by atoms with van der Waals surface area (Å²) in [6.45, 7) is 0.0913. The van der Waals surface area contributed by atoms with Gasteiger partial charge in [0.15, 0.2) is 0 Å². The van der Waals surface area contributed by atoms with E-state index in [0.717, 1.165) is 36.4 Å². The maximum absolute atomic E-state index is 13.1. The SMILES string of the molecule is COCCN(Cc1ccc(OS(=O)(=O)c2cccc(C(F)(F)F)c2)cc1)C(=O)c1cccc(C(F)(F)F)c1. The Morgan fingerprint density at radius 3 is 2.00 bits per heavy atom. The van der Waals surface area contributed by atoms with Crippen molar-refractivity contribution in [2.24, 2.45) is 0 Å². The van der Waals surface area contributed by atoms with Crippen LogP contribution in [-0.2, 0) is 33.8 Å². The Labute approximate surface area is 214 Å². The quantitative estimate of drug-likeness (QED) is 0.245. The maximum Gasteiger partial charge on any atom is 0.416 e. The lowest BCUT2D eigenvalue weighted by atomic mass is 10.1. The fraction of sp³-hybridized carbons (Fsp3) is 0.240. The fourth-order valence-corrected chi connectivity index (χ4v) is 4.32. The highest BCUT2D eigenvalue weighted by atomic mass is 32.2. The number of hydrogen-bond acceptors (Lipinski definition) is 5. The van der Waals surface area contributed by atoms with E-state index in [4.69, 9.17) is 8.92 Å². The smallest absolute Gasteiger partial charge is 0.383 e. The second-order valence-electron chi connectivity index (χ2n) is 8.01. The number of methoxy groups -OCH3 is 1. The first kappa shape index (κ1) is 29.0. The largest absolute Gasteiger partial charge is 0.416 e. The van der Waals surface area contributed by atoms with Crippen molar-refractivity contribution >= 4 is 16.0 Å². The molecule has 0 bridgehead atoms. The Morgan fingerprint density at radius 2 is 1.42 bits per heavy atom. The van der Waals surface area contributed by atoms with Crippen LogP contribution in [-0.4, -0.2) is 39.5 Å². The summed E-state index contributed by atoms with van der Waals surface area (Å²) in [4.78, 5) is 13.5. The molecule has 0 aromatic heterocycles. The minimum Gasteiger partial charge on any atom is -0.383 e. The van der Waals surface area contributed by atoms with E-state index in [1.54, 1.807) is 0 Å². The number of benzene rings is 3. The van der Waals surface area contributed by atoms with Gasteiger partial charge in [0.1, 0.15) is 10.6 Å². The molecule has 0 aliphatic rings. The highest BCUT2D eigenvalue weighted by molar-refractivity contribution is 7.87. The second kappa shape index (κ2) is 11.4. The van der Waals surface area contributed by atoms with Crippen LogP contribution in [0.25, 0.3) is 0 Å². The summed E-state index contributed by atoms with van der Waals surface area (Å²) in [6, 6.07) is 12.4. The standard InChI is InChI=1S/C25H21F6NO5S/c1-36-13-12-32(23(33)18-4-2-5-19(14-18)24(26,27)28)16-17-8-10-21(11-9-17)37-38(34,35)22-7-3-6-20(15-22)25(29,30)31/h2-11,14-15H,12-13,16H2,1H3. The third-order valence-electron chi connectivity index (χ3n) is 5.24. The Kier molecular flexibility index (Phi) is 8.72. The normalized spacial score (nSPS) is 12.3. The minimum atomic E-state index is -4.74. The van der Waals surface area contributed by atoms with Gasteiger partial charge in [0.05, 0.1) is 17.7 Å². The number of ether oxygens (including phenoxy) is 1. The molecule has 0 heterocycles. The number of halogens is 6. The number of carbonyl (C=O) groups excluding carboxylic acids is 1. The predicted molar refractivity (Wildman–Crippen MR) is 124 cm³/mol. The third kappa shape index (κ3) is 7.48. The number of hydrogen-bond donors (Lipinski definition) is 0. The van der Waals surface area contributed by atoms with Gasteiger partial charge in [-0.15, -0.1) is 0 Å². The molecular formula is C25H21F6NO5S. The molecule has 0 N–H and O–H groups in total. The van der Waals surface area contributed by atoms with E-state index in [-0.39, 0.29) is 31.0 Å².